The van der Waals surface area contributed by atoms with E-state index in [2.05, 4.69) is 25.4 Å². The zero-order valence-corrected chi connectivity index (χ0v) is 16.2. The Labute approximate surface area is 168 Å². The lowest BCUT2D eigenvalue weighted by Crippen LogP contribution is -2.41. The van der Waals surface area contributed by atoms with Gasteiger partial charge in [-0.3, -0.25) is 9.78 Å². The molecule has 1 amide bonds. The van der Waals surface area contributed by atoms with Gasteiger partial charge in [0.1, 0.15) is 5.82 Å². The van der Waals surface area contributed by atoms with Gasteiger partial charge in [0.2, 0.25) is 5.91 Å². The third-order valence-corrected chi connectivity index (χ3v) is 5.18. The molecule has 1 fully saturated rings. The molecule has 7 heteroatoms. The third-order valence-electron chi connectivity index (χ3n) is 5.18. The summed E-state index contributed by atoms with van der Waals surface area (Å²) in [5, 5.41) is 11.5. The Bertz CT molecular complexity index is 994. The highest BCUT2D eigenvalue weighted by molar-refractivity contribution is 5.93. The highest BCUT2D eigenvalue weighted by atomic mass is 19.1. The minimum atomic E-state index is -0.322. The van der Waals surface area contributed by atoms with E-state index < -0.39 is 0 Å². The van der Waals surface area contributed by atoms with E-state index in [-0.39, 0.29) is 17.6 Å². The van der Waals surface area contributed by atoms with Crippen molar-refractivity contribution in [1.82, 2.24) is 15.2 Å². The molecule has 0 aliphatic carbocycles. The Hall–Kier alpha value is -3.35. The van der Waals surface area contributed by atoms with Crippen LogP contribution in [0, 0.1) is 18.7 Å². The first-order valence-electron chi connectivity index (χ1n) is 9.66. The molecule has 1 aromatic carbocycles. The van der Waals surface area contributed by atoms with Crippen molar-refractivity contribution in [1.29, 1.82) is 0 Å². The van der Waals surface area contributed by atoms with Crippen LogP contribution in [0.5, 0.6) is 0 Å². The monoisotopic (exact) mass is 391 g/mol. The lowest BCUT2D eigenvalue weighted by Gasteiger charge is -2.32. The highest BCUT2D eigenvalue weighted by Crippen LogP contribution is 2.24. The molecule has 1 unspecified atom stereocenters. The molecule has 4 rings (SSSR count). The van der Waals surface area contributed by atoms with Gasteiger partial charge in [-0.25, -0.2) is 4.39 Å². The van der Waals surface area contributed by atoms with Gasteiger partial charge in [-0.15, -0.1) is 10.2 Å². The molecule has 29 heavy (non-hydrogen) atoms. The molecule has 1 N–H and O–H groups in total. The molecule has 1 aliphatic rings. The van der Waals surface area contributed by atoms with Gasteiger partial charge in [-0.05, 0) is 61.7 Å². The van der Waals surface area contributed by atoms with Crippen molar-refractivity contribution in [2.75, 3.05) is 23.3 Å². The number of carbonyl (C=O) groups is 1. The summed E-state index contributed by atoms with van der Waals surface area (Å²) in [6.45, 7) is 3.08. The maximum Gasteiger partial charge on any atom is 0.229 e. The van der Waals surface area contributed by atoms with Crippen LogP contribution in [0.4, 0.5) is 15.9 Å². The highest BCUT2D eigenvalue weighted by Gasteiger charge is 2.27. The number of carbonyl (C=O) groups excluding carboxylic acids is 1. The van der Waals surface area contributed by atoms with Gasteiger partial charge in [0.15, 0.2) is 5.82 Å². The molecule has 0 saturated carbocycles. The van der Waals surface area contributed by atoms with Gasteiger partial charge in [0.05, 0.1) is 11.6 Å². The van der Waals surface area contributed by atoms with E-state index in [1.54, 1.807) is 31.5 Å². The summed E-state index contributed by atoms with van der Waals surface area (Å²) < 4.78 is 13.7. The average Bonchev–Trinajstić information content (AvgIpc) is 2.77. The van der Waals surface area contributed by atoms with E-state index in [1.807, 2.05) is 24.3 Å². The van der Waals surface area contributed by atoms with Crippen molar-refractivity contribution in [3.63, 3.8) is 0 Å². The molecule has 1 atom stereocenters. The van der Waals surface area contributed by atoms with Gasteiger partial charge in [-0.2, -0.15) is 0 Å². The number of anilines is 2. The number of amides is 1. The maximum atomic E-state index is 13.7. The van der Waals surface area contributed by atoms with Crippen molar-refractivity contribution < 1.29 is 9.18 Å². The van der Waals surface area contributed by atoms with Gasteiger partial charge in [0.25, 0.3) is 0 Å². The van der Waals surface area contributed by atoms with Gasteiger partial charge < -0.3 is 10.2 Å². The molecule has 6 nitrogen and oxygen atoms in total. The fourth-order valence-corrected chi connectivity index (χ4v) is 3.48. The molecule has 1 saturated heterocycles. The number of pyridine rings is 1. The van der Waals surface area contributed by atoms with E-state index >= 15 is 0 Å². The van der Waals surface area contributed by atoms with Crippen LogP contribution in [-0.4, -0.2) is 34.2 Å². The molecular formula is C22H22FN5O. The van der Waals surface area contributed by atoms with Crippen LogP contribution in [0.15, 0.2) is 54.9 Å². The second-order valence-corrected chi connectivity index (χ2v) is 7.25. The van der Waals surface area contributed by atoms with Gasteiger partial charge >= 0.3 is 0 Å². The van der Waals surface area contributed by atoms with Crippen molar-refractivity contribution in [2.24, 2.45) is 5.92 Å². The fraction of sp³-hybridized carbons (Fsp3) is 0.273. The van der Waals surface area contributed by atoms with Crippen LogP contribution in [0.25, 0.3) is 11.3 Å². The van der Waals surface area contributed by atoms with E-state index in [4.69, 9.17) is 0 Å². The minimum absolute atomic E-state index is 0.0979. The number of halogens is 1. The lowest BCUT2D eigenvalue weighted by molar-refractivity contribution is -0.120. The van der Waals surface area contributed by atoms with Crippen molar-refractivity contribution in [3.05, 3.63) is 66.2 Å². The number of benzene rings is 1. The molecular weight excluding hydrogens is 369 g/mol. The predicted molar refractivity (Wildman–Crippen MR) is 110 cm³/mol. The molecule has 0 radical (unpaired) electrons. The number of hydrogen-bond acceptors (Lipinski definition) is 5. The van der Waals surface area contributed by atoms with Crippen LogP contribution in [-0.2, 0) is 4.79 Å². The Morgan fingerprint density at radius 2 is 1.97 bits per heavy atom. The number of aromatic nitrogens is 3. The Balaban J connectivity index is 1.42. The molecule has 3 heterocycles. The van der Waals surface area contributed by atoms with Crippen molar-refractivity contribution in [3.8, 4) is 11.3 Å². The summed E-state index contributed by atoms with van der Waals surface area (Å²) in [5.41, 5.74) is 2.78. The summed E-state index contributed by atoms with van der Waals surface area (Å²) in [4.78, 5) is 18.8. The number of aryl methyl sites for hydroxylation is 1. The Morgan fingerprint density at radius 3 is 2.69 bits per heavy atom. The zero-order chi connectivity index (χ0) is 20.2. The molecule has 2 aromatic heterocycles. The van der Waals surface area contributed by atoms with Crippen molar-refractivity contribution in [2.45, 2.75) is 19.8 Å². The van der Waals surface area contributed by atoms with Crippen LogP contribution >= 0.6 is 0 Å². The number of nitrogens with one attached hydrogen (secondary N) is 1. The zero-order valence-electron chi connectivity index (χ0n) is 16.2. The summed E-state index contributed by atoms with van der Waals surface area (Å²) in [6.07, 6.45) is 5.12. The van der Waals surface area contributed by atoms with E-state index in [9.17, 15) is 9.18 Å². The van der Waals surface area contributed by atoms with Crippen LogP contribution in [0.1, 0.15) is 18.4 Å². The number of hydrogen-bond donors (Lipinski definition) is 1. The first-order chi connectivity index (χ1) is 14.1. The minimum Gasteiger partial charge on any atom is -0.354 e. The second-order valence-electron chi connectivity index (χ2n) is 7.25. The molecule has 148 valence electrons. The lowest BCUT2D eigenvalue weighted by atomic mass is 9.97. The maximum absolute atomic E-state index is 13.7. The quantitative estimate of drug-likeness (QED) is 0.732. The number of piperidine rings is 1. The van der Waals surface area contributed by atoms with E-state index in [0.29, 0.717) is 17.8 Å². The largest absolute Gasteiger partial charge is 0.354 e. The normalized spacial score (nSPS) is 16.5. The second kappa shape index (κ2) is 8.34. The van der Waals surface area contributed by atoms with Gasteiger partial charge in [0, 0.05) is 36.7 Å². The molecule has 1 aliphatic heterocycles. The topological polar surface area (TPSA) is 71.0 Å². The summed E-state index contributed by atoms with van der Waals surface area (Å²) >= 11 is 0. The van der Waals surface area contributed by atoms with Crippen LogP contribution in [0.2, 0.25) is 0 Å². The smallest absolute Gasteiger partial charge is 0.229 e. The SMILES string of the molecule is Cc1ccc(NC(=O)C2CCCN(c3ccc(-c4ccncc4)nn3)C2)cc1F. The summed E-state index contributed by atoms with van der Waals surface area (Å²) in [6, 6.07) is 12.4. The standard InChI is InChI=1S/C22H22FN5O/c1-15-4-5-18(13-19(15)23)25-22(29)17-3-2-12-28(14-17)21-7-6-20(26-27-21)16-8-10-24-11-9-16/h4-11,13,17H,2-3,12,14H2,1H3,(H,25,29). The summed E-state index contributed by atoms with van der Waals surface area (Å²) in [5.74, 6) is 0.147. The van der Waals surface area contributed by atoms with Crippen LogP contribution in [0.3, 0.4) is 0 Å². The molecule has 3 aromatic rings. The Morgan fingerprint density at radius 1 is 1.14 bits per heavy atom. The first-order valence-corrected chi connectivity index (χ1v) is 9.66. The molecule has 0 spiro atoms. The van der Waals surface area contributed by atoms with Crippen LogP contribution < -0.4 is 10.2 Å². The fourth-order valence-electron chi connectivity index (χ4n) is 3.48. The predicted octanol–water partition coefficient (Wildman–Crippen LogP) is 3.84. The third kappa shape index (κ3) is 4.39. The first kappa shape index (κ1) is 19.0. The molecule has 0 bridgehead atoms. The van der Waals surface area contributed by atoms with E-state index in [0.717, 1.165) is 36.5 Å². The number of rotatable bonds is 4. The summed E-state index contributed by atoms with van der Waals surface area (Å²) in [7, 11) is 0. The van der Waals surface area contributed by atoms with Gasteiger partial charge in [-0.1, -0.05) is 6.07 Å². The Kier molecular flexibility index (Phi) is 5.46. The van der Waals surface area contributed by atoms with E-state index in [1.165, 1.54) is 6.07 Å². The van der Waals surface area contributed by atoms with Crippen molar-refractivity contribution >= 4 is 17.4 Å². The number of nitrogens with zero attached hydrogens (tertiary/aromatic N) is 4. The average molecular weight is 391 g/mol.